The molecule has 0 spiro atoms. The van der Waals surface area contributed by atoms with Crippen LogP contribution in [0.25, 0.3) is 0 Å². The van der Waals surface area contributed by atoms with Gasteiger partial charge >= 0.3 is 0 Å². The zero-order chi connectivity index (χ0) is 11.3. The van der Waals surface area contributed by atoms with Crippen molar-refractivity contribution >= 4 is 0 Å². The predicted octanol–water partition coefficient (Wildman–Crippen LogP) is 5.04. The zero-order valence-electron chi connectivity index (χ0n) is 10.5. The van der Waals surface area contributed by atoms with Crippen LogP contribution in [0.15, 0.2) is 36.0 Å². The fourth-order valence-electron chi connectivity index (χ4n) is 1.87. The summed E-state index contributed by atoms with van der Waals surface area (Å²) in [6.45, 7) is 11.0. The Morgan fingerprint density at radius 2 is 2.00 bits per heavy atom. The van der Waals surface area contributed by atoms with Crippen molar-refractivity contribution in [2.24, 2.45) is 5.41 Å². The highest BCUT2D eigenvalue weighted by Crippen LogP contribution is 2.26. The molecule has 0 bridgehead atoms. The van der Waals surface area contributed by atoms with Crippen molar-refractivity contribution in [1.29, 1.82) is 0 Å². The van der Waals surface area contributed by atoms with Gasteiger partial charge in [-0.1, -0.05) is 49.8 Å². The van der Waals surface area contributed by atoms with Crippen molar-refractivity contribution in [3.63, 3.8) is 0 Å². The largest absolute Gasteiger partial charge is 0.0995 e. The molecule has 0 saturated carbocycles. The third-order valence-electron chi connectivity index (χ3n) is 3.05. The number of rotatable bonds is 0. The zero-order valence-corrected chi connectivity index (χ0v) is 10.5. The molecule has 84 valence electrons. The molecule has 0 aromatic carbocycles. The van der Waals surface area contributed by atoms with Gasteiger partial charge in [0.05, 0.1) is 0 Å². The van der Waals surface area contributed by atoms with Crippen molar-refractivity contribution in [3.8, 4) is 0 Å². The molecule has 0 unspecified atom stereocenters. The van der Waals surface area contributed by atoms with Gasteiger partial charge in [0, 0.05) is 0 Å². The third kappa shape index (κ3) is 5.01. The third-order valence-corrected chi connectivity index (χ3v) is 3.05. The van der Waals surface area contributed by atoms with Gasteiger partial charge in [-0.05, 0) is 44.4 Å². The summed E-state index contributed by atoms with van der Waals surface area (Å²) in [6.07, 6.45) is 12.9. The monoisotopic (exact) mass is 204 g/mol. The first-order valence-electron chi connectivity index (χ1n) is 5.99. The van der Waals surface area contributed by atoms with Crippen LogP contribution in [-0.2, 0) is 0 Å². The summed E-state index contributed by atoms with van der Waals surface area (Å²) in [5.74, 6) is 0. The average Bonchev–Trinajstić information content (AvgIpc) is 2.15. The lowest BCUT2D eigenvalue weighted by molar-refractivity contribution is 0.486. The SMILES string of the molecule is C=C1C/C=C\C(C)(C)C/C=C(/C)CCC1. The summed E-state index contributed by atoms with van der Waals surface area (Å²) in [7, 11) is 0. The molecule has 1 aliphatic carbocycles. The summed E-state index contributed by atoms with van der Waals surface area (Å²) in [4.78, 5) is 0. The van der Waals surface area contributed by atoms with E-state index in [0.29, 0.717) is 5.41 Å². The smallest absolute Gasteiger partial charge is 0.0140 e. The molecule has 1 rings (SSSR count). The highest BCUT2D eigenvalue weighted by Gasteiger charge is 2.12. The highest BCUT2D eigenvalue weighted by atomic mass is 14.2. The predicted molar refractivity (Wildman–Crippen MR) is 68.9 cm³/mol. The maximum absolute atomic E-state index is 4.12. The Labute approximate surface area is 94.8 Å². The number of hydrogen-bond acceptors (Lipinski definition) is 0. The molecular formula is C15H24. The van der Waals surface area contributed by atoms with Gasteiger partial charge in [-0.2, -0.15) is 0 Å². The van der Waals surface area contributed by atoms with E-state index in [9.17, 15) is 0 Å². The van der Waals surface area contributed by atoms with Crippen molar-refractivity contribution in [2.45, 2.75) is 52.9 Å². The van der Waals surface area contributed by atoms with E-state index in [1.807, 2.05) is 0 Å². The van der Waals surface area contributed by atoms with Crippen molar-refractivity contribution < 1.29 is 0 Å². The van der Waals surface area contributed by atoms with Gasteiger partial charge in [0.25, 0.3) is 0 Å². The Kier molecular flexibility index (Phi) is 4.38. The van der Waals surface area contributed by atoms with Crippen LogP contribution in [0.3, 0.4) is 0 Å². The van der Waals surface area contributed by atoms with Crippen LogP contribution in [-0.4, -0.2) is 0 Å². The van der Waals surface area contributed by atoms with Crippen molar-refractivity contribution in [1.82, 2.24) is 0 Å². The van der Waals surface area contributed by atoms with E-state index >= 15 is 0 Å². The minimum atomic E-state index is 0.298. The van der Waals surface area contributed by atoms with Gasteiger partial charge in [-0.3, -0.25) is 0 Å². The van der Waals surface area contributed by atoms with Crippen LogP contribution < -0.4 is 0 Å². The lowest BCUT2D eigenvalue weighted by Crippen LogP contribution is -2.05. The molecule has 0 amide bonds. The van der Waals surface area contributed by atoms with E-state index in [-0.39, 0.29) is 0 Å². The average molecular weight is 204 g/mol. The fourth-order valence-corrected chi connectivity index (χ4v) is 1.87. The van der Waals surface area contributed by atoms with Crippen molar-refractivity contribution in [3.05, 3.63) is 36.0 Å². The lowest BCUT2D eigenvalue weighted by Gasteiger charge is -2.18. The molecule has 0 atom stereocenters. The summed E-state index contributed by atoms with van der Waals surface area (Å²) in [6, 6.07) is 0. The van der Waals surface area contributed by atoms with Crippen molar-refractivity contribution in [2.75, 3.05) is 0 Å². The van der Waals surface area contributed by atoms with Crippen LogP contribution in [0.4, 0.5) is 0 Å². The lowest BCUT2D eigenvalue weighted by atomic mass is 9.87. The van der Waals surface area contributed by atoms with E-state index in [4.69, 9.17) is 0 Å². The van der Waals surface area contributed by atoms with Crippen LogP contribution in [0.1, 0.15) is 52.9 Å². The van der Waals surface area contributed by atoms with Gasteiger partial charge in [0.2, 0.25) is 0 Å². The van der Waals surface area contributed by atoms with Gasteiger partial charge < -0.3 is 0 Å². The molecule has 0 N–H and O–H groups in total. The Morgan fingerprint density at radius 1 is 1.27 bits per heavy atom. The molecule has 0 aromatic heterocycles. The Balaban J connectivity index is 2.73. The number of hydrogen-bond donors (Lipinski definition) is 0. The van der Waals surface area contributed by atoms with Crippen LogP contribution in [0, 0.1) is 5.41 Å². The molecule has 0 fully saturated rings. The molecule has 0 aliphatic heterocycles. The molecule has 0 saturated heterocycles. The first kappa shape index (κ1) is 12.3. The standard InChI is InChI=1S/C15H24/c1-13-7-5-8-14(2)10-12-15(3,4)11-6-9-13/h6,10-11H,1,5,7-9,12H2,2-4H3/b11-6-,14-10-. The Bertz CT molecular complexity index is 276. The number of allylic oxidation sites excluding steroid dienone is 5. The van der Waals surface area contributed by atoms with E-state index in [1.54, 1.807) is 0 Å². The maximum Gasteiger partial charge on any atom is -0.0140 e. The second-order valence-corrected chi connectivity index (χ2v) is 5.45. The van der Waals surface area contributed by atoms with Gasteiger partial charge in [-0.15, -0.1) is 0 Å². The summed E-state index contributed by atoms with van der Waals surface area (Å²) in [5, 5.41) is 0. The van der Waals surface area contributed by atoms with E-state index < -0.39 is 0 Å². The molecule has 0 heterocycles. The highest BCUT2D eigenvalue weighted by molar-refractivity contribution is 5.10. The first-order chi connectivity index (χ1) is 6.99. The normalized spacial score (nSPS) is 28.7. The topological polar surface area (TPSA) is 0 Å². The van der Waals surface area contributed by atoms with E-state index in [1.165, 1.54) is 30.4 Å². The summed E-state index contributed by atoms with van der Waals surface area (Å²) in [5.41, 5.74) is 3.20. The summed E-state index contributed by atoms with van der Waals surface area (Å²) >= 11 is 0. The van der Waals surface area contributed by atoms with E-state index in [0.717, 1.165) is 12.8 Å². The second kappa shape index (κ2) is 5.34. The van der Waals surface area contributed by atoms with Crippen LogP contribution >= 0.6 is 0 Å². The Hall–Kier alpha value is -0.780. The second-order valence-electron chi connectivity index (χ2n) is 5.45. The minimum absolute atomic E-state index is 0.298. The van der Waals surface area contributed by atoms with Gasteiger partial charge in [-0.25, -0.2) is 0 Å². The summed E-state index contributed by atoms with van der Waals surface area (Å²) < 4.78 is 0. The Morgan fingerprint density at radius 3 is 2.73 bits per heavy atom. The molecule has 15 heavy (non-hydrogen) atoms. The molecule has 0 aromatic rings. The molecule has 1 aliphatic rings. The first-order valence-corrected chi connectivity index (χ1v) is 5.99. The van der Waals surface area contributed by atoms with Gasteiger partial charge in [0.1, 0.15) is 0 Å². The molecule has 0 nitrogen and oxygen atoms in total. The minimum Gasteiger partial charge on any atom is -0.0995 e. The quantitative estimate of drug-likeness (QED) is 0.485. The fraction of sp³-hybridized carbons (Fsp3) is 0.600. The molecular weight excluding hydrogens is 180 g/mol. The molecule has 0 heteroatoms. The van der Waals surface area contributed by atoms with Crippen LogP contribution in [0.2, 0.25) is 0 Å². The van der Waals surface area contributed by atoms with Crippen LogP contribution in [0.5, 0.6) is 0 Å². The van der Waals surface area contributed by atoms with Gasteiger partial charge in [0.15, 0.2) is 0 Å². The van der Waals surface area contributed by atoms with E-state index in [2.05, 4.69) is 45.6 Å². The molecule has 0 radical (unpaired) electrons. The maximum atomic E-state index is 4.12.